The smallest absolute Gasteiger partial charge is 0.226 e. The Balaban J connectivity index is 1.65. The van der Waals surface area contributed by atoms with Crippen molar-refractivity contribution in [2.45, 2.75) is 6.61 Å². The van der Waals surface area contributed by atoms with Crippen LogP contribution in [0.5, 0.6) is 11.5 Å². The first kappa shape index (κ1) is 13.5. The summed E-state index contributed by atoms with van der Waals surface area (Å²) in [5.41, 5.74) is 1.12. The highest BCUT2D eigenvalue weighted by Gasteiger charge is 2.08. The minimum absolute atomic E-state index is 0.0941. The first-order valence-electron chi connectivity index (χ1n) is 7.05. The van der Waals surface area contributed by atoms with Crippen LogP contribution in [0.3, 0.4) is 0 Å². The van der Waals surface area contributed by atoms with Crippen LogP contribution in [0.2, 0.25) is 0 Å². The molecule has 0 atom stereocenters. The number of hydrogen-bond acceptors (Lipinski definition) is 5. The van der Waals surface area contributed by atoms with Gasteiger partial charge in [-0.3, -0.25) is 4.79 Å². The highest BCUT2D eigenvalue weighted by atomic mass is 16.5. The first-order valence-corrected chi connectivity index (χ1v) is 7.05. The van der Waals surface area contributed by atoms with Crippen LogP contribution in [0.15, 0.2) is 68.4 Å². The molecule has 0 radical (unpaired) electrons. The Kier molecular flexibility index (Phi) is 3.05. The van der Waals surface area contributed by atoms with Crippen molar-refractivity contribution in [2.24, 2.45) is 0 Å². The minimum atomic E-state index is -0.494. The lowest BCUT2D eigenvalue weighted by atomic mass is 10.1. The molecule has 2 aromatic carbocycles. The van der Waals surface area contributed by atoms with Gasteiger partial charge in [0.05, 0.1) is 0 Å². The van der Waals surface area contributed by atoms with Gasteiger partial charge in [0.25, 0.3) is 0 Å². The highest BCUT2D eigenvalue weighted by molar-refractivity contribution is 6.05. The lowest BCUT2D eigenvalue weighted by molar-refractivity contribution is 0.263. The maximum Gasteiger partial charge on any atom is 0.226 e. The Bertz CT molecular complexity index is 1060. The summed E-state index contributed by atoms with van der Waals surface area (Å²) >= 11 is 0. The molecule has 0 aliphatic rings. The van der Waals surface area contributed by atoms with Crippen LogP contribution in [0, 0.1) is 0 Å². The molecule has 0 fully saturated rings. The highest BCUT2D eigenvalue weighted by Crippen LogP contribution is 2.31. The fourth-order valence-electron chi connectivity index (χ4n) is 2.47. The van der Waals surface area contributed by atoms with Crippen LogP contribution in [0.4, 0.5) is 0 Å². The van der Waals surface area contributed by atoms with Crippen molar-refractivity contribution in [3.05, 3.63) is 70.8 Å². The number of fused-ring (bicyclic) bond motifs is 3. The average Bonchev–Trinajstić information content (AvgIpc) is 2.94. The van der Waals surface area contributed by atoms with Crippen molar-refractivity contribution in [3.8, 4) is 11.5 Å². The third-order valence-corrected chi connectivity index (χ3v) is 3.60. The molecule has 0 unspecified atom stereocenters. The van der Waals surface area contributed by atoms with Gasteiger partial charge in [-0.15, -0.1) is 0 Å². The molecular weight excluding hydrogens is 296 g/mol. The molecule has 2 aromatic heterocycles. The molecular formula is C18H12O5. The molecule has 0 bridgehead atoms. The monoisotopic (exact) mass is 308 g/mol. The minimum Gasteiger partial charge on any atom is -0.502 e. The van der Waals surface area contributed by atoms with Gasteiger partial charge in [0.1, 0.15) is 35.5 Å². The Morgan fingerprint density at radius 1 is 1.00 bits per heavy atom. The van der Waals surface area contributed by atoms with E-state index in [1.807, 2.05) is 36.4 Å². The molecule has 5 nitrogen and oxygen atoms in total. The molecule has 23 heavy (non-hydrogen) atoms. The largest absolute Gasteiger partial charge is 0.502 e. The van der Waals surface area contributed by atoms with E-state index < -0.39 is 11.2 Å². The van der Waals surface area contributed by atoms with Gasteiger partial charge in [-0.05, 0) is 24.3 Å². The van der Waals surface area contributed by atoms with Crippen LogP contribution < -0.4 is 10.2 Å². The van der Waals surface area contributed by atoms with Gasteiger partial charge in [-0.2, -0.15) is 0 Å². The molecule has 4 aromatic rings. The molecule has 4 rings (SSSR count). The molecule has 5 heteroatoms. The van der Waals surface area contributed by atoms with Crippen molar-refractivity contribution in [1.29, 1.82) is 0 Å². The lowest BCUT2D eigenvalue weighted by Gasteiger charge is -2.05. The molecule has 0 aliphatic heterocycles. The number of aromatic hydroxyl groups is 1. The molecule has 0 saturated carbocycles. The van der Waals surface area contributed by atoms with E-state index in [0.29, 0.717) is 11.5 Å². The standard InChI is InChI=1S/C18H12O5/c19-15-8-12(22-10-16(15)20)9-21-11-5-6-18-14(7-11)13-3-1-2-4-17(13)23-18/h1-8,10,20H,9H2. The second-order valence-corrected chi connectivity index (χ2v) is 5.14. The summed E-state index contributed by atoms with van der Waals surface area (Å²) in [5.74, 6) is 0.560. The number of benzene rings is 2. The Morgan fingerprint density at radius 2 is 1.83 bits per heavy atom. The third-order valence-electron chi connectivity index (χ3n) is 3.60. The average molecular weight is 308 g/mol. The van der Waals surface area contributed by atoms with Crippen molar-refractivity contribution >= 4 is 21.9 Å². The molecule has 0 aliphatic carbocycles. The number of hydrogen-bond donors (Lipinski definition) is 1. The van der Waals surface area contributed by atoms with Crippen LogP contribution in [0.1, 0.15) is 5.76 Å². The van der Waals surface area contributed by atoms with E-state index in [1.165, 1.54) is 6.07 Å². The number of furan rings is 1. The molecule has 0 spiro atoms. The van der Waals surface area contributed by atoms with Crippen molar-refractivity contribution < 1.29 is 18.7 Å². The first-order chi connectivity index (χ1) is 11.2. The Labute approximate surface area is 130 Å². The molecule has 2 heterocycles. The summed E-state index contributed by atoms with van der Waals surface area (Å²) in [6.45, 7) is 0.0941. The van der Waals surface area contributed by atoms with Crippen LogP contribution in [-0.2, 0) is 6.61 Å². The van der Waals surface area contributed by atoms with E-state index in [-0.39, 0.29) is 6.61 Å². The van der Waals surface area contributed by atoms with Crippen LogP contribution >= 0.6 is 0 Å². The normalized spacial score (nSPS) is 11.1. The fraction of sp³-hybridized carbons (Fsp3) is 0.0556. The topological polar surface area (TPSA) is 72.8 Å². The van der Waals surface area contributed by atoms with E-state index in [2.05, 4.69) is 0 Å². The van der Waals surface area contributed by atoms with E-state index in [0.717, 1.165) is 28.2 Å². The summed E-state index contributed by atoms with van der Waals surface area (Å²) in [6.07, 6.45) is 1.01. The number of ether oxygens (including phenoxy) is 1. The van der Waals surface area contributed by atoms with Gasteiger partial charge < -0.3 is 18.7 Å². The van der Waals surface area contributed by atoms with Crippen molar-refractivity contribution in [2.75, 3.05) is 0 Å². The molecule has 0 saturated heterocycles. The van der Waals surface area contributed by atoms with Crippen LogP contribution in [0.25, 0.3) is 21.9 Å². The quantitative estimate of drug-likeness (QED) is 0.623. The SMILES string of the molecule is O=c1cc(COc2ccc3oc4ccccc4c3c2)occ1O. The predicted octanol–water partition coefficient (Wildman–Crippen LogP) is 3.82. The summed E-state index contributed by atoms with van der Waals surface area (Å²) in [7, 11) is 0. The van der Waals surface area contributed by atoms with Crippen molar-refractivity contribution in [1.82, 2.24) is 0 Å². The van der Waals surface area contributed by atoms with Gasteiger partial charge in [-0.1, -0.05) is 18.2 Å². The van der Waals surface area contributed by atoms with Crippen molar-refractivity contribution in [3.63, 3.8) is 0 Å². The summed E-state index contributed by atoms with van der Waals surface area (Å²) in [6, 6.07) is 14.5. The van der Waals surface area contributed by atoms with Gasteiger partial charge in [-0.25, -0.2) is 0 Å². The Hall–Kier alpha value is -3.21. The van der Waals surface area contributed by atoms with E-state index in [4.69, 9.17) is 18.7 Å². The summed E-state index contributed by atoms with van der Waals surface area (Å²) in [4.78, 5) is 11.4. The molecule has 114 valence electrons. The Morgan fingerprint density at radius 3 is 2.70 bits per heavy atom. The van der Waals surface area contributed by atoms with Gasteiger partial charge in [0.15, 0.2) is 5.75 Å². The zero-order valence-electron chi connectivity index (χ0n) is 12.0. The fourth-order valence-corrected chi connectivity index (χ4v) is 2.47. The second-order valence-electron chi connectivity index (χ2n) is 5.14. The van der Waals surface area contributed by atoms with E-state index in [1.54, 1.807) is 6.07 Å². The van der Waals surface area contributed by atoms with Gasteiger partial charge >= 0.3 is 0 Å². The molecule has 0 amide bonds. The zero-order valence-corrected chi connectivity index (χ0v) is 12.0. The zero-order chi connectivity index (χ0) is 15.8. The summed E-state index contributed by atoms with van der Waals surface area (Å²) < 4.78 is 16.5. The van der Waals surface area contributed by atoms with Crippen LogP contribution in [-0.4, -0.2) is 5.11 Å². The lowest BCUT2D eigenvalue weighted by Crippen LogP contribution is -2.03. The van der Waals surface area contributed by atoms with Gasteiger partial charge in [0, 0.05) is 16.8 Å². The third kappa shape index (κ3) is 2.42. The predicted molar refractivity (Wildman–Crippen MR) is 84.7 cm³/mol. The number of rotatable bonds is 3. The van der Waals surface area contributed by atoms with E-state index in [9.17, 15) is 4.79 Å². The van der Waals surface area contributed by atoms with E-state index >= 15 is 0 Å². The maximum absolute atomic E-state index is 11.4. The maximum atomic E-state index is 11.4. The summed E-state index contributed by atoms with van der Waals surface area (Å²) in [5, 5.41) is 11.1. The van der Waals surface area contributed by atoms with Gasteiger partial charge in [0.2, 0.25) is 5.43 Å². The molecule has 1 N–H and O–H groups in total. The number of para-hydroxylation sites is 1. The second kappa shape index (κ2) is 5.21.